The minimum Gasteiger partial charge on any atom is -0.455 e. The Kier molecular flexibility index (Phi) is 6.58. The average Bonchev–Trinajstić information content (AvgIpc) is 3.48. The molecule has 0 fully saturated rings. The van der Waals surface area contributed by atoms with Crippen molar-refractivity contribution in [1.82, 2.24) is 15.0 Å². The number of rotatable bonds is 5. The van der Waals surface area contributed by atoms with E-state index in [4.69, 9.17) is 19.4 Å². The third-order valence-corrected chi connectivity index (χ3v) is 8.36. The van der Waals surface area contributed by atoms with E-state index in [0.717, 1.165) is 54.2 Å². The maximum Gasteiger partial charge on any atom is 0.167 e. The van der Waals surface area contributed by atoms with Gasteiger partial charge in [-0.3, -0.25) is 0 Å². The van der Waals surface area contributed by atoms with E-state index in [9.17, 15) is 0 Å². The number of halogens is 1. The quantitative estimate of drug-likeness (QED) is 0.190. The van der Waals surface area contributed by atoms with E-state index < -0.39 is 0 Å². The van der Waals surface area contributed by atoms with Crippen LogP contribution in [0.2, 0.25) is 0 Å². The number of aromatic nitrogens is 3. The van der Waals surface area contributed by atoms with Crippen LogP contribution >= 0.6 is 15.9 Å². The third-order valence-electron chi connectivity index (χ3n) is 7.83. The Labute approximate surface area is 262 Å². The van der Waals surface area contributed by atoms with Gasteiger partial charge in [-0.15, -0.1) is 0 Å². The Bertz CT molecular complexity index is 2280. The SMILES string of the molecule is Brc1ccc(-c2cccc(-c3ccc(-c4nc(-c5ccccc5)nc(-c5cccc6c5oc5ccccc56)n4)cc3)c2)cc1. The first-order valence-corrected chi connectivity index (χ1v) is 15.2. The Morgan fingerprint density at radius 1 is 0.409 bits per heavy atom. The monoisotopic (exact) mass is 629 g/mol. The molecule has 2 aromatic heterocycles. The molecule has 0 bridgehead atoms. The summed E-state index contributed by atoms with van der Waals surface area (Å²) in [5.74, 6) is 1.80. The number of fused-ring (bicyclic) bond motifs is 3. The Hall–Kier alpha value is -5.39. The van der Waals surface area contributed by atoms with Crippen molar-refractivity contribution in [3.63, 3.8) is 0 Å². The molecule has 5 heteroatoms. The molecule has 0 aliphatic carbocycles. The van der Waals surface area contributed by atoms with Crippen molar-refractivity contribution in [2.24, 2.45) is 0 Å². The number of para-hydroxylation sites is 2. The maximum atomic E-state index is 6.34. The van der Waals surface area contributed by atoms with Crippen molar-refractivity contribution < 1.29 is 4.42 Å². The van der Waals surface area contributed by atoms with Gasteiger partial charge >= 0.3 is 0 Å². The van der Waals surface area contributed by atoms with Crippen LogP contribution in [0.4, 0.5) is 0 Å². The highest BCUT2D eigenvalue weighted by molar-refractivity contribution is 9.10. The van der Waals surface area contributed by atoms with E-state index in [0.29, 0.717) is 17.5 Å². The van der Waals surface area contributed by atoms with Crippen molar-refractivity contribution in [3.8, 4) is 56.4 Å². The predicted octanol–water partition coefficient (Wildman–Crippen LogP) is 10.9. The molecule has 0 aliphatic heterocycles. The van der Waals surface area contributed by atoms with Gasteiger partial charge in [0.2, 0.25) is 0 Å². The molecule has 0 amide bonds. The lowest BCUT2D eigenvalue weighted by molar-refractivity contribution is 0.669. The molecule has 0 atom stereocenters. The molecular formula is C39H24BrN3O. The van der Waals surface area contributed by atoms with Crippen LogP contribution in [0.3, 0.4) is 0 Å². The van der Waals surface area contributed by atoms with E-state index in [2.05, 4.69) is 101 Å². The van der Waals surface area contributed by atoms with Crippen molar-refractivity contribution in [3.05, 3.63) is 150 Å². The van der Waals surface area contributed by atoms with Crippen LogP contribution in [0.5, 0.6) is 0 Å². The molecule has 0 aliphatic rings. The van der Waals surface area contributed by atoms with Gasteiger partial charge in [-0.1, -0.05) is 131 Å². The summed E-state index contributed by atoms with van der Waals surface area (Å²) in [6.07, 6.45) is 0. The zero-order valence-electron chi connectivity index (χ0n) is 23.5. The molecular weight excluding hydrogens is 606 g/mol. The van der Waals surface area contributed by atoms with Crippen molar-refractivity contribution in [2.75, 3.05) is 0 Å². The van der Waals surface area contributed by atoms with Crippen molar-refractivity contribution in [2.45, 2.75) is 0 Å². The fourth-order valence-corrected chi connectivity index (χ4v) is 5.86. The normalized spacial score (nSPS) is 11.3. The summed E-state index contributed by atoms with van der Waals surface area (Å²) in [5.41, 5.74) is 8.91. The van der Waals surface area contributed by atoms with E-state index in [1.54, 1.807) is 0 Å². The lowest BCUT2D eigenvalue weighted by atomic mass is 9.98. The molecule has 6 aromatic carbocycles. The largest absolute Gasteiger partial charge is 0.455 e. The number of nitrogens with zero attached hydrogens (tertiary/aromatic N) is 3. The van der Waals surface area contributed by atoms with Gasteiger partial charge in [-0.2, -0.15) is 0 Å². The zero-order chi connectivity index (χ0) is 29.5. The number of hydrogen-bond donors (Lipinski definition) is 0. The Morgan fingerprint density at radius 3 is 1.66 bits per heavy atom. The van der Waals surface area contributed by atoms with Crippen molar-refractivity contribution in [1.29, 1.82) is 0 Å². The van der Waals surface area contributed by atoms with Gasteiger partial charge in [0.15, 0.2) is 17.5 Å². The zero-order valence-corrected chi connectivity index (χ0v) is 25.1. The van der Waals surface area contributed by atoms with Crippen molar-refractivity contribution >= 4 is 37.9 Å². The summed E-state index contributed by atoms with van der Waals surface area (Å²) in [6.45, 7) is 0. The van der Waals surface area contributed by atoms with Crippen LogP contribution in [-0.4, -0.2) is 15.0 Å². The Balaban J connectivity index is 1.22. The van der Waals surface area contributed by atoms with Crippen LogP contribution in [0.1, 0.15) is 0 Å². The van der Waals surface area contributed by atoms with Crippen LogP contribution in [-0.2, 0) is 0 Å². The van der Waals surface area contributed by atoms with Gasteiger partial charge in [0.05, 0.1) is 5.56 Å². The molecule has 2 heterocycles. The fraction of sp³-hybridized carbons (Fsp3) is 0. The summed E-state index contributed by atoms with van der Waals surface area (Å²) in [4.78, 5) is 14.9. The predicted molar refractivity (Wildman–Crippen MR) is 182 cm³/mol. The molecule has 8 rings (SSSR count). The van der Waals surface area contributed by atoms with Gasteiger partial charge in [-0.05, 0) is 52.6 Å². The minimum absolute atomic E-state index is 0.574. The van der Waals surface area contributed by atoms with E-state index in [1.807, 2.05) is 60.7 Å². The highest BCUT2D eigenvalue weighted by Crippen LogP contribution is 2.36. The molecule has 0 unspecified atom stereocenters. The average molecular weight is 631 g/mol. The second-order valence-corrected chi connectivity index (χ2v) is 11.5. The Morgan fingerprint density at radius 2 is 0.932 bits per heavy atom. The highest BCUT2D eigenvalue weighted by atomic mass is 79.9. The molecule has 0 N–H and O–H groups in total. The van der Waals surface area contributed by atoms with Crippen LogP contribution < -0.4 is 0 Å². The second kappa shape index (κ2) is 11.0. The van der Waals surface area contributed by atoms with Gasteiger partial charge in [-0.25, -0.2) is 15.0 Å². The summed E-state index contributed by atoms with van der Waals surface area (Å²) in [5, 5.41) is 2.11. The molecule has 208 valence electrons. The summed E-state index contributed by atoms with van der Waals surface area (Å²) in [7, 11) is 0. The topological polar surface area (TPSA) is 51.8 Å². The molecule has 0 radical (unpaired) electrons. The van der Waals surface area contributed by atoms with E-state index in [-0.39, 0.29) is 0 Å². The first-order chi connectivity index (χ1) is 21.7. The molecule has 0 saturated heterocycles. The summed E-state index contributed by atoms with van der Waals surface area (Å²) in [6, 6.07) is 49.6. The molecule has 44 heavy (non-hydrogen) atoms. The van der Waals surface area contributed by atoms with Gasteiger partial charge in [0, 0.05) is 26.4 Å². The summed E-state index contributed by atoms with van der Waals surface area (Å²) < 4.78 is 7.41. The maximum absolute atomic E-state index is 6.34. The highest BCUT2D eigenvalue weighted by Gasteiger charge is 2.17. The standard InChI is InChI=1S/C39H24BrN3O/c40-31-22-20-26(21-23-31)30-11-6-10-29(24-30)25-16-18-28(19-17-25)38-41-37(27-8-2-1-3-9-27)42-39(43-38)34-14-7-13-33-32-12-4-5-15-35(32)44-36(33)34/h1-24H. The van der Waals surface area contributed by atoms with Crippen LogP contribution in [0, 0.1) is 0 Å². The number of hydrogen-bond acceptors (Lipinski definition) is 4. The lowest BCUT2D eigenvalue weighted by Gasteiger charge is -2.10. The van der Waals surface area contributed by atoms with E-state index in [1.165, 1.54) is 11.1 Å². The van der Waals surface area contributed by atoms with Gasteiger partial charge in [0.1, 0.15) is 11.2 Å². The number of benzene rings is 6. The third kappa shape index (κ3) is 4.87. The lowest BCUT2D eigenvalue weighted by Crippen LogP contribution is -2.00. The van der Waals surface area contributed by atoms with Gasteiger partial charge < -0.3 is 4.42 Å². The molecule has 4 nitrogen and oxygen atoms in total. The second-order valence-electron chi connectivity index (χ2n) is 10.6. The minimum atomic E-state index is 0.574. The van der Waals surface area contributed by atoms with Crippen LogP contribution in [0.25, 0.3) is 78.4 Å². The first-order valence-electron chi connectivity index (χ1n) is 14.4. The first kappa shape index (κ1) is 26.3. The molecule has 8 aromatic rings. The number of furan rings is 1. The molecule has 0 spiro atoms. The fourth-order valence-electron chi connectivity index (χ4n) is 5.60. The van der Waals surface area contributed by atoms with E-state index >= 15 is 0 Å². The van der Waals surface area contributed by atoms with Crippen LogP contribution in [0.15, 0.2) is 154 Å². The smallest absolute Gasteiger partial charge is 0.167 e. The van der Waals surface area contributed by atoms with Gasteiger partial charge in [0.25, 0.3) is 0 Å². The molecule has 0 saturated carbocycles. The summed E-state index contributed by atoms with van der Waals surface area (Å²) >= 11 is 3.53.